The number of nitrogens with one attached hydrogen (secondary N) is 2. The lowest BCUT2D eigenvalue weighted by Crippen LogP contribution is -2.15. The molecule has 0 fully saturated rings. The number of anilines is 3. The van der Waals surface area contributed by atoms with Crippen LogP contribution >= 0.6 is 11.3 Å². The van der Waals surface area contributed by atoms with Crippen molar-refractivity contribution in [1.82, 2.24) is 4.98 Å². The lowest BCUT2D eigenvalue weighted by Gasteiger charge is -2.12. The fourth-order valence-corrected chi connectivity index (χ4v) is 3.48. The highest BCUT2D eigenvalue weighted by Gasteiger charge is 2.10. The van der Waals surface area contributed by atoms with Crippen molar-refractivity contribution in [2.75, 3.05) is 29.6 Å². The molecule has 2 aromatic carbocycles. The molecule has 7 heteroatoms. The van der Waals surface area contributed by atoms with Crippen LogP contribution in [0.5, 0.6) is 0 Å². The molecule has 0 saturated carbocycles. The molecule has 0 bridgehead atoms. The summed E-state index contributed by atoms with van der Waals surface area (Å²) in [4.78, 5) is 30.1. The Morgan fingerprint density at radius 1 is 1.04 bits per heavy atom. The molecule has 0 atom stereocenters. The van der Waals surface area contributed by atoms with Crippen molar-refractivity contribution in [2.24, 2.45) is 0 Å². The summed E-state index contributed by atoms with van der Waals surface area (Å²) in [6.45, 7) is 1.47. The zero-order valence-corrected chi connectivity index (χ0v) is 16.8. The van der Waals surface area contributed by atoms with Gasteiger partial charge >= 0.3 is 0 Å². The monoisotopic (exact) mass is 394 g/mol. The maximum atomic E-state index is 12.3. The van der Waals surface area contributed by atoms with Gasteiger partial charge in [0, 0.05) is 49.0 Å². The lowest BCUT2D eigenvalue weighted by molar-refractivity contribution is -0.116. The van der Waals surface area contributed by atoms with Crippen LogP contribution < -0.4 is 15.5 Å². The molecular formula is C21H22N4O2S. The molecule has 2 amide bonds. The molecule has 3 aromatic rings. The first-order valence-corrected chi connectivity index (χ1v) is 9.68. The topological polar surface area (TPSA) is 74.3 Å². The fourth-order valence-electron chi connectivity index (χ4n) is 2.67. The quantitative estimate of drug-likeness (QED) is 0.662. The minimum Gasteiger partial charge on any atom is -0.378 e. The van der Waals surface area contributed by atoms with Crippen molar-refractivity contribution in [3.8, 4) is 10.6 Å². The smallest absolute Gasteiger partial charge is 0.230 e. The maximum absolute atomic E-state index is 12.3. The Bertz CT molecular complexity index is 980. The highest BCUT2D eigenvalue weighted by molar-refractivity contribution is 7.13. The minimum atomic E-state index is -0.118. The van der Waals surface area contributed by atoms with Crippen LogP contribution in [0.1, 0.15) is 12.6 Å². The first-order chi connectivity index (χ1) is 13.4. The van der Waals surface area contributed by atoms with Gasteiger partial charge in [-0.2, -0.15) is 0 Å². The predicted octanol–water partition coefficient (Wildman–Crippen LogP) is 4.02. The van der Waals surface area contributed by atoms with Crippen molar-refractivity contribution in [3.63, 3.8) is 0 Å². The molecule has 0 aliphatic carbocycles. The normalized spacial score (nSPS) is 10.4. The first kappa shape index (κ1) is 19.6. The van der Waals surface area contributed by atoms with Gasteiger partial charge in [0.05, 0.1) is 12.1 Å². The third kappa shape index (κ3) is 5.17. The van der Waals surface area contributed by atoms with Crippen molar-refractivity contribution in [1.29, 1.82) is 0 Å². The maximum Gasteiger partial charge on any atom is 0.230 e. The first-order valence-electron chi connectivity index (χ1n) is 8.80. The number of aromatic nitrogens is 1. The van der Waals surface area contributed by atoms with Crippen LogP contribution in [0.15, 0.2) is 53.9 Å². The zero-order chi connectivity index (χ0) is 20.1. The summed E-state index contributed by atoms with van der Waals surface area (Å²) >= 11 is 1.47. The number of nitrogens with zero attached hydrogens (tertiary/aromatic N) is 2. The van der Waals surface area contributed by atoms with Gasteiger partial charge in [0.2, 0.25) is 11.8 Å². The number of hydrogen-bond acceptors (Lipinski definition) is 5. The van der Waals surface area contributed by atoms with Gasteiger partial charge in [-0.15, -0.1) is 11.3 Å². The second-order valence-electron chi connectivity index (χ2n) is 6.57. The summed E-state index contributed by atoms with van der Waals surface area (Å²) in [7, 11) is 3.94. The predicted molar refractivity (Wildman–Crippen MR) is 115 cm³/mol. The van der Waals surface area contributed by atoms with E-state index in [0.29, 0.717) is 5.69 Å². The number of carbonyl (C=O) groups is 2. The van der Waals surface area contributed by atoms with Crippen LogP contribution in [0.4, 0.5) is 17.1 Å². The molecule has 1 heterocycles. The number of hydrogen-bond donors (Lipinski definition) is 2. The van der Waals surface area contributed by atoms with E-state index in [1.807, 2.05) is 72.9 Å². The molecule has 0 aliphatic rings. The molecule has 2 N–H and O–H groups in total. The van der Waals surface area contributed by atoms with Crippen molar-refractivity contribution < 1.29 is 9.59 Å². The molecule has 0 saturated heterocycles. The Hall–Kier alpha value is -3.19. The Morgan fingerprint density at radius 2 is 1.79 bits per heavy atom. The largest absolute Gasteiger partial charge is 0.378 e. The third-order valence-electron chi connectivity index (χ3n) is 3.99. The highest BCUT2D eigenvalue weighted by Crippen LogP contribution is 2.26. The van der Waals surface area contributed by atoms with Crippen LogP contribution in [0.2, 0.25) is 0 Å². The van der Waals surface area contributed by atoms with E-state index in [2.05, 4.69) is 15.6 Å². The summed E-state index contributed by atoms with van der Waals surface area (Å²) < 4.78 is 0. The molecule has 3 rings (SSSR count). The van der Waals surface area contributed by atoms with Crippen LogP contribution in [0.3, 0.4) is 0 Å². The zero-order valence-electron chi connectivity index (χ0n) is 16.0. The summed E-state index contributed by atoms with van der Waals surface area (Å²) in [5.74, 6) is -0.228. The van der Waals surface area contributed by atoms with E-state index in [0.717, 1.165) is 27.6 Å². The Morgan fingerprint density at radius 3 is 2.46 bits per heavy atom. The molecule has 1 aromatic heterocycles. The van der Waals surface area contributed by atoms with Gasteiger partial charge in [0.15, 0.2) is 0 Å². The van der Waals surface area contributed by atoms with E-state index in [1.165, 1.54) is 18.3 Å². The van der Waals surface area contributed by atoms with E-state index in [4.69, 9.17) is 0 Å². The fraction of sp³-hybridized carbons (Fsp3) is 0.190. The molecule has 0 unspecified atom stereocenters. The Balaban J connectivity index is 1.64. The molecule has 144 valence electrons. The minimum absolute atomic E-state index is 0.110. The molecule has 28 heavy (non-hydrogen) atoms. The van der Waals surface area contributed by atoms with Gasteiger partial charge in [0.1, 0.15) is 5.01 Å². The van der Waals surface area contributed by atoms with Gasteiger partial charge in [-0.3, -0.25) is 9.59 Å². The van der Waals surface area contributed by atoms with E-state index < -0.39 is 0 Å². The van der Waals surface area contributed by atoms with E-state index in [1.54, 1.807) is 0 Å². The van der Waals surface area contributed by atoms with Crippen LogP contribution in [0.25, 0.3) is 10.6 Å². The van der Waals surface area contributed by atoms with Crippen molar-refractivity contribution >= 4 is 40.2 Å². The molecular weight excluding hydrogens is 372 g/mol. The van der Waals surface area contributed by atoms with E-state index in [-0.39, 0.29) is 18.2 Å². The second-order valence-corrected chi connectivity index (χ2v) is 7.43. The average molecular weight is 395 g/mol. The van der Waals surface area contributed by atoms with Gasteiger partial charge in [0.25, 0.3) is 0 Å². The Labute approximate surface area is 168 Å². The van der Waals surface area contributed by atoms with Crippen LogP contribution in [-0.4, -0.2) is 30.9 Å². The summed E-state index contributed by atoms with van der Waals surface area (Å²) in [5.41, 5.74) is 4.17. The number of amides is 2. The summed E-state index contributed by atoms with van der Waals surface area (Å²) in [6, 6.07) is 15.2. The van der Waals surface area contributed by atoms with E-state index in [9.17, 15) is 9.59 Å². The van der Waals surface area contributed by atoms with E-state index >= 15 is 0 Å². The Kier molecular flexibility index (Phi) is 6.06. The molecule has 6 nitrogen and oxygen atoms in total. The lowest BCUT2D eigenvalue weighted by atomic mass is 10.2. The summed E-state index contributed by atoms with van der Waals surface area (Å²) in [6.07, 6.45) is 0.206. The highest BCUT2D eigenvalue weighted by atomic mass is 32.1. The van der Waals surface area contributed by atoms with Gasteiger partial charge in [-0.1, -0.05) is 12.1 Å². The summed E-state index contributed by atoms with van der Waals surface area (Å²) in [5, 5.41) is 8.35. The van der Waals surface area contributed by atoms with Gasteiger partial charge < -0.3 is 15.5 Å². The van der Waals surface area contributed by atoms with Gasteiger partial charge in [-0.25, -0.2) is 4.98 Å². The molecule has 0 spiro atoms. The third-order valence-corrected chi connectivity index (χ3v) is 4.93. The van der Waals surface area contributed by atoms with Crippen LogP contribution in [-0.2, 0) is 16.0 Å². The van der Waals surface area contributed by atoms with Crippen molar-refractivity contribution in [2.45, 2.75) is 13.3 Å². The number of thiazole rings is 1. The van der Waals surface area contributed by atoms with Gasteiger partial charge in [-0.05, 0) is 36.4 Å². The molecule has 0 aliphatic heterocycles. The number of benzene rings is 2. The molecule has 0 radical (unpaired) electrons. The van der Waals surface area contributed by atoms with Crippen molar-refractivity contribution in [3.05, 3.63) is 59.6 Å². The van der Waals surface area contributed by atoms with Crippen LogP contribution in [0, 0.1) is 0 Å². The number of carbonyl (C=O) groups excluding carboxylic acids is 2. The average Bonchev–Trinajstić information content (AvgIpc) is 3.10. The second kappa shape index (κ2) is 8.67. The SMILES string of the molecule is CC(=O)Nc1cccc(-c2nc(CC(=O)Nc3ccc(N(C)C)cc3)cs2)c1. The number of rotatable bonds is 6. The standard InChI is InChI=1S/C21H22N4O2S/c1-14(26)22-17-6-4-5-15(11-17)21-24-18(13-28-21)12-20(27)23-16-7-9-19(10-8-16)25(2)3/h4-11,13H,12H2,1-3H3,(H,22,26)(H,23,27).